The molecule has 1 heterocycles. The Labute approximate surface area is 97.8 Å². The van der Waals surface area contributed by atoms with Gasteiger partial charge in [-0.25, -0.2) is 0 Å². The average molecular weight is 388 g/mol. The first-order chi connectivity index (χ1) is 5.86. The number of alkyl halides is 3. The molecule has 0 amide bonds. The molecule has 0 saturated heterocycles. The van der Waals surface area contributed by atoms with E-state index in [4.69, 9.17) is 0 Å². The van der Waals surface area contributed by atoms with Crippen LogP contribution in [0.2, 0.25) is 0 Å². The van der Waals surface area contributed by atoms with E-state index in [2.05, 4.69) is 50.7 Å². The van der Waals surface area contributed by atoms with Crippen molar-refractivity contribution >= 4 is 22.6 Å². The van der Waals surface area contributed by atoms with Crippen LogP contribution < -0.4 is 21.2 Å². The van der Waals surface area contributed by atoms with E-state index in [1.807, 2.05) is 0 Å². The maximum absolute atomic E-state index is 4.54. The molecule has 0 saturated carbocycles. The summed E-state index contributed by atoms with van der Waals surface area (Å²) >= 11 is 2.78. The minimum atomic E-state index is 0.425. The molecule has 1 rings (SSSR count). The summed E-state index contributed by atoms with van der Waals surface area (Å²) in [7, 11) is 0. The van der Waals surface area contributed by atoms with Gasteiger partial charge in [-0.15, -0.1) is 0 Å². The monoisotopic (exact) mass is 388 g/mol. The second-order valence-electron chi connectivity index (χ2n) is 2.46. The zero-order valence-electron chi connectivity index (χ0n) is 7.06. The molecule has 0 radical (unpaired) electrons. The Morgan fingerprint density at radius 3 is 2.83 bits per heavy atom. The van der Waals surface area contributed by atoms with Gasteiger partial charge in [-0.1, -0.05) is 0 Å². The van der Waals surface area contributed by atoms with Crippen LogP contribution in [0.15, 0.2) is 18.2 Å². The Balaban J connectivity index is 2.60. The summed E-state index contributed by atoms with van der Waals surface area (Å²) in [6, 6.07) is 6.34. The van der Waals surface area contributed by atoms with E-state index in [0.29, 0.717) is 21.2 Å². The van der Waals surface area contributed by atoms with Crippen molar-refractivity contribution in [2.24, 2.45) is 0 Å². The number of hydrogen-bond donors (Lipinski definition) is 0. The second kappa shape index (κ2) is 6.12. The molecule has 0 bridgehead atoms. The van der Waals surface area contributed by atoms with Gasteiger partial charge >= 0.3 is 98.6 Å². The molecule has 0 spiro atoms. The Bertz CT molecular complexity index is 238. The third-order valence-electron chi connectivity index (χ3n) is 1.54. The molecule has 0 N–H and O–H groups in total. The Morgan fingerprint density at radius 2 is 2.17 bits per heavy atom. The molecule has 1 nitrogen and oxygen atoms in total. The standard InChI is InChI=1S/C9H12I2N/c1-11-6-5-8-3-2-4-9(7-10)12-8/h2-4H,5-7H2,1H3/q-1. The number of aromatic nitrogens is 1. The zero-order chi connectivity index (χ0) is 8.81. The van der Waals surface area contributed by atoms with Crippen LogP contribution >= 0.6 is 22.6 Å². The fourth-order valence-corrected chi connectivity index (χ4v) is 2.45. The molecular formula is C9H12I2N-. The van der Waals surface area contributed by atoms with Gasteiger partial charge in [0.2, 0.25) is 0 Å². The number of aryl methyl sites for hydroxylation is 1. The summed E-state index contributed by atoms with van der Waals surface area (Å²) < 4.78 is 2.38. The van der Waals surface area contributed by atoms with Crippen molar-refractivity contribution in [3.05, 3.63) is 29.6 Å². The normalized spacial score (nSPS) is 10.5. The zero-order valence-corrected chi connectivity index (χ0v) is 11.4. The molecular weight excluding hydrogens is 376 g/mol. The van der Waals surface area contributed by atoms with E-state index >= 15 is 0 Å². The van der Waals surface area contributed by atoms with Gasteiger partial charge in [0.1, 0.15) is 0 Å². The van der Waals surface area contributed by atoms with Crippen molar-refractivity contribution in [3.8, 4) is 0 Å². The number of pyridine rings is 1. The van der Waals surface area contributed by atoms with Gasteiger partial charge in [0.25, 0.3) is 0 Å². The summed E-state index contributed by atoms with van der Waals surface area (Å²) in [5.41, 5.74) is 2.48. The van der Waals surface area contributed by atoms with Crippen LogP contribution in [0.25, 0.3) is 0 Å². The number of rotatable bonds is 4. The van der Waals surface area contributed by atoms with Gasteiger partial charge in [0.15, 0.2) is 0 Å². The van der Waals surface area contributed by atoms with E-state index in [0.717, 1.165) is 4.43 Å². The average Bonchev–Trinajstić information content (AvgIpc) is 2.15. The molecule has 0 aliphatic heterocycles. The van der Waals surface area contributed by atoms with Crippen molar-refractivity contribution in [3.63, 3.8) is 0 Å². The molecule has 1 aromatic rings. The first-order valence-corrected chi connectivity index (χ1v) is 9.02. The molecule has 0 aromatic carbocycles. The molecule has 68 valence electrons. The number of nitrogens with zero attached hydrogens (tertiary/aromatic N) is 1. The van der Waals surface area contributed by atoms with E-state index < -0.39 is 0 Å². The summed E-state index contributed by atoms with van der Waals surface area (Å²) in [6.45, 7) is 0. The molecule has 0 aliphatic rings. The van der Waals surface area contributed by atoms with Crippen molar-refractivity contribution < 1.29 is 21.2 Å². The summed E-state index contributed by atoms with van der Waals surface area (Å²) in [5, 5.41) is 0. The minimum absolute atomic E-state index is 0.425. The predicted molar refractivity (Wildman–Crippen MR) is 56.5 cm³/mol. The molecule has 0 unspecified atom stereocenters. The third kappa shape index (κ3) is 3.55. The van der Waals surface area contributed by atoms with E-state index in [1.54, 1.807) is 0 Å². The molecule has 3 heteroatoms. The van der Waals surface area contributed by atoms with Crippen LogP contribution in [-0.2, 0) is 10.8 Å². The van der Waals surface area contributed by atoms with E-state index in [1.165, 1.54) is 22.2 Å². The second-order valence-corrected chi connectivity index (χ2v) is 5.83. The van der Waals surface area contributed by atoms with Crippen LogP contribution in [0.4, 0.5) is 0 Å². The van der Waals surface area contributed by atoms with E-state index in [9.17, 15) is 0 Å². The van der Waals surface area contributed by atoms with Crippen LogP contribution in [0, 0.1) is 0 Å². The first kappa shape index (κ1) is 10.7. The SMILES string of the molecule is C[I-]CCc1cccc(CI)n1. The molecule has 1 aromatic heterocycles. The first-order valence-electron chi connectivity index (χ1n) is 3.81. The van der Waals surface area contributed by atoms with Crippen molar-refractivity contribution in [2.75, 3.05) is 9.36 Å². The fraction of sp³-hybridized carbons (Fsp3) is 0.444. The molecule has 0 atom stereocenters. The molecule has 0 aliphatic carbocycles. The fourth-order valence-electron chi connectivity index (χ4n) is 0.934. The van der Waals surface area contributed by atoms with Crippen LogP contribution in [0.1, 0.15) is 11.4 Å². The van der Waals surface area contributed by atoms with Gasteiger partial charge in [0.05, 0.1) is 0 Å². The Hall–Kier alpha value is 0.610. The van der Waals surface area contributed by atoms with Crippen LogP contribution in [0.3, 0.4) is 0 Å². The summed E-state index contributed by atoms with van der Waals surface area (Å²) in [5.74, 6) is 0. The summed E-state index contributed by atoms with van der Waals surface area (Å²) in [4.78, 5) is 6.86. The van der Waals surface area contributed by atoms with Crippen LogP contribution in [0.5, 0.6) is 0 Å². The Morgan fingerprint density at radius 1 is 1.42 bits per heavy atom. The van der Waals surface area contributed by atoms with Gasteiger partial charge in [-0.2, -0.15) is 0 Å². The van der Waals surface area contributed by atoms with Gasteiger partial charge in [-0.3, -0.25) is 0 Å². The molecule has 0 fully saturated rings. The quantitative estimate of drug-likeness (QED) is 0.491. The maximum atomic E-state index is 4.54. The number of hydrogen-bond acceptors (Lipinski definition) is 1. The van der Waals surface area contributed by atoms with Crippen molar-refractivity contribution in [2.45, 2.75) is 10.8 Å². The van der Waals surface area contributed by atoms with Gasteiger partial charge in [0, 0.05) is 0 Å². The van der Waals surface area contributed by atoms with Gasteiger partial charge < -0.3 is 0 Å². The molecule has 12 heavy (non-hydrogen) atoms. The van der Waals surface area contributed by atoms with Crippen molar-refractivity contribution in [1.29, 1.82) is 0 Å². The van der Waals surface area contributed by atoms with Crippen LogP contribution in [-0.4, -0.2) is 14.3 Å². The van der Waals surface area contributed by atoms with Crippen molar-refractivity contribution in [1.82, 2.24) is 4.98 Å². The predicted octanol–water partition coefficient (Wildman–Crippen LogP) is -0.722. The topological polar surface area (TPSA) is 12.9 Å². The van der Waals surface area contributed by atoms with E-state index in [-0.39, 0.29) is 0 Å². The van der Waals surface area contributed by atoms with Gasteiger partial charge in [-0.05, 0) is 0 Å². The third-order valence-corrected chi connectivity index (χ3v) is 3.94. The summed E-state index contributed by atoms with van der Waals surface area (Å²) in [6.07, 6.45) is 1.17. The Kier molecular flexibility index (Phi) is 5.45. The number of halogens is 2.